The van der Waals surface area contributed by atoms with Gasteiger partial charge in [-0.15, -0.1) is 0 Å². The Balaban J connectivity index is 2.21. The Morgan fingerprint density at radius 2 is 1.87 bits per heavy atom. The van der Waals surface area contributed by atoms with Crippen LogP contribution in [0.3, 0.4) is 0 Å². The molecule has 116 valence electrons. The van der Waals surface area contributed by atoms with Crippen molar-refractivity contribution in [2.75, 3.05) is 12.0 Å². The lowest BCUT2D eigenvalue weighted by Gasteiger charge is -2.26. The van der Waals surface area contributed by atoms with Gasteiger partial charge in [-0.2, -0.15) is 0 Å². The van der Waals surface area contributed by atoms with Gasteiger partial charge in [0.2, 0.25) is 0 Å². The number of benzene rings is 2. The molecule has 0 unspecified atom stereocenters. The van der Waals surface area contributed by atoms with Crippen molar-refractivity contribution in [3.05, 3.63) is 72.7 Å². The third-order valence-corrected chi connectivity index (χ3v) is 3.58. The molecule has 0 amide bonds. The largest absolute Gasteiger partial charge is 0.496 e. The second-order valence-corrected chi connectivity index (χ2v) is 4.90. The van der Waals surface area contributed by atoms with Crippen LogP contribution in [0.2, 0.25) is 0 Å². The summed E-state index contributed by atoms with van der Waals surface area (Å²) >= 11 is 0. The molecule has 0 fully saturated rings. The van der Waals surface area contributed by atoms with Crippen molar-refractivity contribution in [1.82, 2.24) is 9.97 Å². The molecule has 23 heavy (non-hydrogen) atoms. The maximum Gasteiger partial charge on any atom is 0.140 e. The number of hydrogen-bond donors (Lipinski definition) is 1. The fourth-order valence-electron chi connectivity index (χ4n) is 2.55. The number of para-hydroxylation sites is 1. The van der Waals surface area contributed by atoms with Crippen molar-refractivity contribution in [2.24, 2.45) is 5.73 Å². The van der Waals surface area contributed by atoms with Crippen molar-refractivity contribution in [3.8, 4) is 5.75 Å². The fraction of sp³-hybridized carbons (Fsp3) is 0.111. The van der Waals surface area contributed by atoms with Gasteiger partial charge in [0, 0.05) is 24.0 Å². The summed E-state index contributed by atoms with van der Waals surface area (Å²) in [6.07, 6.45) is 3.26. The average Bonchev–Trinajstić information content (AvgIpc) is 2.63. The summed E-state index contributed by atoms with van der Waals surface area (Å²) in [5, 5.41) is 0. The number of nitrogens with zero attached hydrogens (tertiary/aromatic N) is 3. The summed E-state index contributed by atoms with van der Waals surface area (Å²) in [5.74, 6) is 1.54. The number of methoxy groups -OCH3 is 1. The average molecular weight is 306 g/mol. The van der Waals surface area contributed by atoms with Crippen molar-refractivity contribution in [2.45, 2.75) is 6.54 Å². The number of hydrogen-bond acceptors (Lipinski definition) is 5. The van der Waals surface area contributed by atoms with Crippen molar-refractivity contribution >= 4 is 17.2 Å². The van der Waals surface area contributed by atoms with E-state index in [1.165, 1.54) is 6.33 Å². The first-order valence-electron chi connectivity index (χ1n) is 7.32. The minimum Gasteiger partial charge on any atom is -0.496 e. The van der Waals surface area contributed by atoms with Crippen LogP contribution in [0.1, 0.15) is 5.56 Å². The van der Waals surface area contributed by atoms with E-state index >= 15 is 0 Å². The van der Waals surface area contributed by atoms with Crippen LogP contribution in [0.4, 0.5) is 17.2 Å². The zero-order chi connectivity index (χ0) is 16.1. The van der Waals surface area contributed by atoms with Gasteiger partial charge >= 0.3 is 0 Å². The van der Waals surface area contributed by atoms with Crippen molar-refractivity contribution in [1.29, 1.82) is 0 Å². The molecule has 3 rings (SSSR count). The summed E-state index contributed by atoms with van der Waals surface area (Å²) in [6, 6.07) is 17.8. The molecule has 0 bridgehead atoms. The molecule has 0 radical (unpaired) electrons. The lowest BCUT2D eigenvalue weighted by Crippen LogP contribution is -2.15. The van der Waals surface area contributed by atoms with Gasteiger partial charge < -0.3 is 10.5 Å². The third kappa shape index (κ3) is 3.00. The van der Waals surface area contributed by atoms with E-state index in [2.05, 4.69) is 9.97 Å². The van der Waals surface area contributed by atoms with Crippen molar-refractivity contribution in [3.63, 3.8) is 0 Å². The smallest absolute Gasteiger partial charge is 0.140 e. The van der Waals surface area contributed by atoms with Gasteiger partial charge in [-0.05, 0) is 30.3 Å². The highest BCUT2D eigenvalue weighted by atomic mass is 16.5. The first-order chi connectivity index (χ1) is 11.3. The summed E-state index contributed by atoms with van der Waals surface area (Å²) in [6.45, 7) is 0.369. The molecular formula is C18H18N4O. The first kappa shape index (κ1) is 15.0. The number of nitrogens with two attached hydrogens (primary N) is 1. The van der Waals surface area contributed by atoms with Gasteiger partial charge in [0.25, 0.3) is 0 Å². The summed E-state index contributed by atoms with van der Waals surface area (Å²) in [7, 11) is 1.65. The Hall–Kier alpha value is -2.92. The number of anilines is 3. The SMILES string of the molecule is COc1cccc(N(c2ccccc2)c2ccncn2)c1CN. The number of aromatic nitrogens is 2. The van der Waals surface area contributed by atoms with Gasteiger partial charge in [0.15, 0.2) is 0 Å². The predicted molar refractivity (Wildman–Crippen MR) is 91.2 cm³/mol. The monoisotopic (exact) mass is 306 g/mol. The van der Waals surface area contributed by atoms with Crippen LogP contribution in [0, 0.1) is 0 Å². The second-order valence-electron chi connectivity index (χ2n) is 4.90. The van der Waals surface area contributed by atoms with Crippen LogP contribution in [0.25, 0.3) is 0 Å². The minimum absolute atomic E-state index is 0.369. The molecule has 5 heteroatoms. The Bertz CT molecular complexity index is 723. The summed E-state index contributed by atoms with van der Waals surface area (Å²) < 4.78 is 5.46. The van der Waals surface area contributed by atoms with E-state index in [-0.39, 0.29) is 0 Å². The van der Waals surface area contributed by atoms with Gasteiger partial charge in [-0.3, -0.25) is 4.90 Å². The third-order valence-electron chi connectivity index (χ3n) is 3.58. The zero-order valence-corrected chi connectivity index (χ0v) is 12.9. The summed E-state index contributed by atoms with van der Waals surface area (Å²) in [4.78, 5) is 10.4. The molecule has 3 aromatic rings. The number of rotatable bonds is 5. The second kappa shape index (κ2) is 6.89. The zero-order valence-electron chi connectivity index (χ0n) is 12.9. The highest BCUT2D eigenvalue weighted by Gasteiger charge is 2.18. The van der Waals surface area contributed by atoms with Gasteiger partial charge in [-0.25, -0.2) is 9.97 Å². The molecule has 0 spiro atoms. The Kier molecular flexibility index (Phi) is 4.49. The molecule has 1 heterocycles. The molecule has 5 nitrogen and oxygen atoms in total. The first-order valence-corrected chi connectivity index (χ1v) is 7.32. The van der Waals surface area contributed by atoms with E-state index < -0.39 is 0 Å². The van der Waals surface area contributed by atoms with E-state index in [0.717, 1.165) is 28.5 Å². The highest BCUT2D eigenvalue weighted by molar-refractivity contribution is 5.77. The molecule has 0 aliphatic rings. The van der Waals surface area contributed by atoms with E-state index in [1.807, 2.05) is 59.5 Å². The van der Waals surface area contributed by atoms with Crippen LogP contribution in [-0.4, -0.2) is 17.1 Å². The summed E-state index contributed by atoms with van der Waals surface area (Å²) in [5.41, 5.74) is 8.85. The van der Waals surface area contributed by atoms with E-state index in [0.29, 0.717) is 6.54 Å². The Morgan fingerprint density at radius 1 is 1.04 bits per heavy atom. The molecule has 2 aromatic carbocycles. The van der Waals surface area contributed by atoms with Gasteiger partial charge in [0.05, 0.1) is 12.8 Å². The molecule has 0 aliphatic carbocycles. The van der Waals surface area contributed by atoms with E-state index in [4.69, 9.17) is 10.5 Å². The molecule has 1 aromatic heterocycles. The molecule has 0 aliphatic heterocycles. The maximum absolute atomic E-state index is 5.98. The van der Waals surface area contributed by atoms with Gasteiger partial charge in [-0.1, -0.05) is 24.3 Å². The normalized spacial score (nSPS) is 10.3. The fourth-order valence-corrected chi connectivity index (χ4v) is 2.55. The van der Waals surface area contributed by atoms with Gasteiger partial charge in [0.1, 0.15) is 17.9 Å². The van der Waals surface area contributed by atoms with Crippen LogP contribution >= 0.6 is 0 Å². The Morgan fingerprint density at radius 3 is 2.52 bits per heavy atom. The molecule has 0 saturated heterocycles. The van der Waals surface area contributed by atoms with E-state index in [9.17, 15) is 0 Å². The highest BCUT2D eigenvalue weighted by Crippen LogP contribution is 2.38. The quantitative estimate of drug-likeness (QED) is 0.782. The molecule has 0 atom stereocenters. The van der Waals surface area contributed by atoms with E-state index in [1.54, 1.807) is 13.3 Å². The molecular weight excluding hydrogens is 288 g/mol. The standard InChI is InChI=1S/C18H18N4O/c1-23-17-9-5-8-16(15(17)12-19)22(14-6-3-2-4-7-14)18-10-11-20-13-21-18/h2-11,13H,12,19H2,1H3. The number of ether oxygens (including phenoxy) is 1. The van der Waals surface area contributed by atoms with Crippen LogP contribution in [0.5, 0.6) is 5.75 Å². The molecule has 0 saturated carbocycles. The minimum atomic E-state index is 0.369. The topological polar surface area (TPSA) is 64.3 Å². The predicted octanol–water partition coefficient (Wildman–Crippen LogP) is 3.41. The van der Waals surface area contributed by atoms with Crippen LogP contribution < -0.4 is 15.4 Å². The van der Waals surface area contributed by atoms with Crippen molar-refractivity contribution < 1.29 is 4.74 Å². The maximum atomic E-state index is 5.98. The molecule has 2 N–H and O–H groups in total. The Labute approximate surface area is 135 Å². The van der Waals surface area contributed by atoms with Crippen LogP contribution in [-0.2, 0) is 6.54 Å². The lowest BCUT2D eigenvalue weighted by atomic mass is 10.1. The van der Waals surface area contributed by atoms with Crippen LogP contribution in [0.15, 0.2) is 67.1 Å². The lowest BCUT2D eigenvalue weighted by molar-refractivity contribution is 0.410.